The van der Waals surface area contributed by atoms with Crippen LogP contribution in [0.5, 0.6) is 0 Å². The van der Waals surface area contributed by atoms with E-state index in [0.29, 0.717) is 11.7 Å². The summed E-state index contributed by atoms with van der Waals surface area (Å²) in [6.07, 6.45) is 8.56. The van der Waals surface area contributed by atoms with Crippen LogP contribution in [0.15, 0.2) is 42.5 Å². The summed E-state index contributed by atoms with van der Waals surface area (Å²) in [6, 6.07) is 10.5. The van der Waals surface area contributed by atoms with Crippen LogP contribution in [-0.2, 0) is 11.2 Å². The first-order chi connectivity index (χ1) is 9.73. The van der Waals surface area contributed by atoms with Gasteiger partial charge in [-0.05, 0) is 50.0 Å². The molecule has 1 aromatic rings. The molecule has 20 heavy (non-hydrogen) atoms. The average Bonchev–Trinajstić information content (AvgIpc) is 2.62. The highest BCUT2D eigenvalue weighted by Crippen LogP contribution is 2.51. The van der Waals surface area contributed by atoms with Gasteiger partial charge in [-0.2, -0.15) is 0 Å². The van der Waals surface area contributed by atoms with Crippen molar-refractivity contribution in [2.75, 3.05) is 0 Å². The van der Waals surface area contributed by atoms with E-state index in [1.165, 1.54) is 36.8 Å². The first-order valence-corrected chi connectivity index (χ1v) is 7.99. The lowest BCUT2D eigenvalue weighted by atomic mass is 9.58. The van der Waals surface area contributed by atoms with Crippen LogP contribution >= 0.6 is 0 Å². The van der Waals surface area contributed by atoms with Crippen LogP contribution in [0.3, 0.4) is 0 Å². The molecule has 1 aromatic carbocycles. The molecule has 0 N–H and O–H groups in total. The molecule has 0 bridgehead atoms. The summed E-state index contributed by atoms with van der Waals surface area (Å²) >= 11 is 0. The van der Waals surface area contributed by atoms with Crippen molar-refractivity contribution in [2.24, 2.45) is 11.3 Å². The third kappa shape index (κ3) is 2.24. The van der Waals surface area contributed by atoms with Gasteiger partial charge in [0.25, 0.3) is 0 Å². The number of hydrogen-bond donors (Lipinski definition) is 0. The van der Waals surface area contributed by atoms with Crippen molar-refractivity contribution < 1.29 is 4.79 Å². The van der Waals surface area contributed by atoms with Gasteiger partial charge in [0.05, 0.1) is 5.41 Å². The molecule has 0 aliphatic heterocycles. The zero-order valence-corrected chi connectivity index (χ0v) is 12.2. The molecule has 2 saturated carbocycles. The van der Waals surface area contributed by atoms with E-state index in [0.717, 1.165) is 25.7 Å². The first kappa shape index (κ1) is 13.6. The second kappa shape index (κ2) is 5.55. The average molecular weight is 268 g/mol. The number of hydrogen-bond acceptors (Lipinski definition) is 1. The largest absolute Gasteiger partial charge is 0.299 e. The third-order valence-corrected chi connectivity index (χ3v) is 5.39. The maximum absolute atomic E-state index is 12.9. The van der Waals surface area contributed by atoms with Crippen LogP contribution in [0.4, 0.5) is 0 Å². The van der Waals surface area contributed by atoms with Gasteiger partial charge in [0, 0.05) is 6.42 Å². The molecule has 0 heterocycles. The number of Topliss-reactive ketones (excluding diaryl/α,β-unsaturated/α-hetero) is 1. The number of carbonyl (C=O) groups excluding carboxylic acids is 1. The van der Waals surface area contributed by atoms with Crippen molar-refractivity contribution in [3.8, 4) is 0 Å². The summed E-state index contributed by atoms with van der Waals surface area (Å²) in [6.45, 7) is 4.34. The number of ketones is 1. The molecule has 2 aliphatic carbocycles. The van der Waals surface area contributed by atoms with Gasteiger partial charge >= 0.3 is 0 Å². The molecule has 106 valence electrons. The summed E-state index contributed by atoms with van der Waals surface area (Å²) in [4.78, 5) is 12.9. The van der Waals surface area contributed by atoms with Crippen LogP contribution in [0.1, 0.15) is 50.5 Å². The van der Waals surface area contributed by atoms with E-state index in [1.54, 1.807) is 0 Å². The van der Waals surface area contributed by atoms with Crippen molar-refractivity contribution >= 4 is 5.78 Å². The van der Waals surface area contributed by atoms with Crippen molar-refractivity contribution in [3.05, 3.63) is 48.0 Å². The minimum absolute atomic E-state index is 0.254. The Kier molecular flexibility index (Phi) is 3.78. The van der Waals surface area contributed by atoms with Gasteiger partial charge in [0.1, 0.15) is 5.78 Å². The number of benzene rings is 1. The fraction of sp³-hybridized carbons (Fsp3) is 0.526. The predicted octanol–water partition coefficient (Wildman–Crippen LogP) is 4.71. The Hall–Kier alpha value is -1.37. The van der Waals surface area contributed by atoms with E-state index in [9.17, 15) is 4.79 Å². The van der Waals surface area contributed by atoms with Crippen molar-refractivity contribution in [1.29, 1.82) is 0 Å². The minimum atomic E-state index is -0.254. The Morgan fingerprint density at radius 3 is 2.60 bits per heavy atom. The van der Waals surface area contributed by atoms with Gasteiger partial charge < -0.3 is 0 Å². The topological polar surface area (TPSA) is 17.1 Å². The second-order valence-corrected chi connectivity index (χ2v) is 6.50. The van der Waals surface area contributed by atoms with E-state index in [1.807, 2.05) is 6.07 Å². The number of carbonyl (C=O) groups is 1. The Morgan fingerprint density at radius 2 is 1.80 bits per heavy atom. The van der Waals surface area contributed by atoms with Crippen LogP contribution < -0.4 is 0 Å². The lowest BCUT2D eigenvalue weighted by molar-refractivity contribution is -0.129. The Balaban J connectivity index is 2.01. The Bertz CT molecular complexity index is 502. The van der Waals surface area contributed by atoms with E-state index in [4.69, 9.17) is 0 Å². The lowest BCUT2D eigenvalue weighted by Crippen LogP contribution is -2.43. The molecular formula is C19H24O. The van der Waals surface area contributed by atoms with E-state index >= 15 is 0 Å². The SMILES string of the molecule is C=C1CCC[C@H]2CCCCC(=O)[C@]12Cc1ccccc1. The Morgan fingerprint density at radius 1 is 1.05 bits per heavy atom. The van der Waals surface area contributed by atoms with Gasteiger partial charge in [-0.1, -0.05) is 48.9 Å². The van der Waals surface area contributed by atoms with Gasteiger partial charge in [-0.25, -0.2) is 0 Å². The van der Waals surface area contributed by atoms with E-state index < -0.39 is 0 Å². The summed E-state index contributed by atoms with van der Waals surface area (Å²) in [5.41, 5.74) is 2.25. The molecule has 0 unspecified atom stereocenters. The molecule has 0 saturated heterocycles. The highest BCUT2D eigenvalue weighted by molar-refractivity contribution is 5.89. The highest BCUT2D eigenvalue weighted by atomic mass is 16.1. The van der Waals surface area contributed by atoms with Gasteiger partial charge in [0.15, 0.2) is 0 Å². The van der Waals surface area contributed by atoms with Gasteiger partial charge in [0.2, 0.25) is 0 Å². The molecule has 0 radical (unpaired) electrons. The van der Waals surface area contributed by atoms with Gasteiger partial charge in [-0.15, -0.1) is 0 Å². The molecule has 2 fully saturated rings. The molecule has 1 heteroatoms. The Labute approximate surface area is 122 Å². The molecule has 1 nitrogen and oxygen atoms in total. The van der Waals surface area contributed by atoms with Crippen molar-refractivity contribution in [2.45, 2.75) is 51.4 Å². The van der Waals surface area contributed by atoms with Crippen LogP contribution in [0.25, 0.3) is 0 Å². The smallest absolute Gasteiger partial charge is 0.143 e. The van der Waals surface area contributed by atoms with E-state index in [-0.39, 0.29) is 5.41 Å². The molecule has 0 aromatic heterocycles. The van der Waals surface area contributed by atoms with Crippen LogP contribution in [0, 0.1) is 11.3 Å². The van der Waals surface area contributed by atoms with Crippen LogP contribution in [0.2, 0.25) is 0 Å². The summed E-state index contributed by atoms with van der Waals surface area (Å²) in [7, 11) is 0. The molecular weight excluding hydrogens is 244 g/mol. The molecule has 0 amide bonds. The van der Waals surface area contributed by atoms with Crippen molar-refractivity contribution in [3.63, 3.8) is 0 Å². The maximum atomic E-state index is 12.9. The predicted molar refractivity (Wildman–Crippen MR) is 82.5 cm³/mol. The zero-order chi connectivity index (χ0) is 14.0. The highest BCUT2D eigenvalue weighted by Gasteiger charge is 2.49. The molecule has 3 rings (SSSR count). The van der Waals surface area contributed by atoms with Gasteiger partial charge in [-0.3, -0.25) is 4.79 Å². The summed E-state index contributed by atoms with van der Waals surface area (Å²) < 4.78 is 0. The standard InChI is InChI=1S/C19H24O/c1-15-8-7-12-17-11-5-6-13-18(20)19(15,17)14-16-9-3-2-4-10-16/h2-4,9-10,17H,1,5-8,11-14H2/t17-,19-/m1/s1. The fourth-order valence-electron chi connectivity index (χ4n) is 4.32. The number of allylic oxidation sites excluding steroid dienone is 1. The molecule has 2 atom stereocenters. The lowest BCUT2D eigenvalue weighted by Gasteiger charge is -2.44. The molecule has 2 aliphatic rings. The second-order valence-electron chi connectivity index (χ2n) is 6.50. The quantitative estimate of drug-likeness (QED) is 0.710. The zero-order valence-electron chi connectivity index (χ0n) is 12.2. The fourth-order valence-corrected chi connectivity index (χ4v) is 4.32. The maximum Gasteiger partial charge on any atom is 0.143 e. The summed E-state index contributed by atoms with van der Waals surface area (Å²) in [5.74, 6) is 0.993. The first-order valence-electron chi connectivity index (χ1n) is 7.99. The monoisotopic (exact) mass is 268 g/mol. The third-order valence-electron chi connectivity index (χ3n) is 5.39. The number of rotatable bonds is 2. The summed E-state index contributed by atoms with van der Waals surface area (Å²) in [5, 5.41) is 0. The van der Waals surface area contributed by atoms with Crippen LogP contribution in [-0.4, -0.2) is 5.78 Å². The minimum Gasteiger partial charge on any atom is -0.299 e. The molecule has 0 spiro atoms. The van der Waals surface area contributed by atoms with E-state index in [2.05, 4.69) is 30.8 Å². The van der Waals surface area contributed by atoms with Crippen molar-refractivity contribution in [1.82, 2.24) is 0 Å². The number of fused-ring (bicyclic) bond motifs is 1. The normalized spacial score (nSPS) is 30.7.